The molecule has 0 radical (unpaired) electrons. The molecule has 0 fully saturated rings. The van der Waals surface area contributed by atoms with Crippen molar-refractivity contribution in [3.05, 3.63) is 29.3 Å². The molecule has 0 saturated heterocycles. The molecule has 2 aromatic rings. The highest BCUT2D eigenvalue weighted by molar-refractivity contribution is 5.56. The van der Waals surface area contributed by atoms with Gasteiger partial charge in [0.25, 0.3) is 0 Å². The lowest BCUT2D eigenvalue weighted by atomic mass is 10.2. The molecule has 84 valence electrons. The van der Waals surface area contributed by atoms with Crippen LogP contribution in [0, 0.1) is 13.8 Å². The first-order chi connectivity index (χ1) is 7.70. The topological polar surface area (TPSA) is 66.5 Å². The number of nitrogens with zero attached hydrogens (tertiary/aromatic N) is 3. The van der Waals surface area contributed by atoms with E-state index in [1.807, 2.05) is 19.9 Å². The third-order valence-electron chi connectivity index (χ3n) is 2.47. The summed E-state index contributed by atoms with van der Waals surface area (Å²) in [6, 6.07) is 1.94. The minimum Gasteiger partial charge on any atom is -0.323 e. The Balaban J connectivity index is 2.30. The van der Waals surface area contributed by atoms with Crippen LogP contribution in [0.2, 0.25) is 0 Å². The molecule has 0 aliphatic rings. The third-order valence-corrected chi connectivity index (χ3v) is 2.47. The smallest absolute Gasteiger partial charge is 0.153 e. The molecular formula is C11H15N5. The number of hydrogen-bond donors (Lipinski definition) is 2. The molecule has 0 spiro atoms. The average molecular weight is 217 g/mol. The number of aromatic nitrogens is 4. The van der Waals surface area contributed by atoms with Crippen molar-refractivity contribution in [2.75, 3.05) is 5.32 Å². The number of H-pyrrole nitrogens is 1. The van der Waals surface area contributed by atoms with Gasteiger partial charge in [0.15, 0.2) is 5.82 Å². The summed E-state index contributed by atoms with van der Waals surface area (Å²) in [6.45, 7) is 6.04. The van der Waals surface area contributed by atoms with Gasteiger partial charge in [-0.3, -0.25) is 5.10 Å². The molecule has 5 heteroatoms. The van der Waals surface area contributed by atoms with Gasteiger partial charge in [0.2, 0.25) is 0 Å². The highest BCUT2D eigenvalue weighted by Gasteiger charge is 2.07. The number of anilines is 2. The Labute approximate surface area is 94.3 Å². The highest BCUT2D eigenvalue weighted by Crippen LogP contribution is 2.19. The maximum absolute atomic E-state index is 4.24. The van der Waals surface area contributed by atoms with E-state index >= 15 is 0 Å². The van der Waals surface area contributed by atoms with Crippen molar-refractivity contribution in [3.63, 3.8) is 0 Å². The molecule has 2 rings (SSSR count). The van der Waals surface area contributed by atoms with Gasteiger partial charge in [-0.1, -0.05) is 6.92 Å². The summed E-state index contributed by atoms with van der Waals surface area (Å²) in [7, 11) is 0. The summed E-state index contributed by atoms with van der Waals surface area (Å²) in [5.74, 6) is 1.62. The van der Waals surface area contributed by atoms with E-state index in [0.29, 0.717) is 0 Å². The monoisotopic (exact) mass is 217 g/mol. The van der Waals surface area contributed by atoms with E-state index in [1.54, 1.807) is 6.33 Å². The normalized spacial score (nSPS) is 10.4. The fourth-order valence-corrected chi connectivity index (χ4v) is 1.63. The molecule has 2 heterocycles. The van der Waals surface area contributed by atoms with Crippen LogP contribution in [0.25, 0.3) is 0 Å². The van der Waals surface area contributed by atoms with Crippen LogP contribution in [0.1, 0.15) is 23.9 Å². The lowest BCUT2D eigenvalue weighted by Gasteiger charge is -2.08. The van der Waals surface area contributed by atoms with Gasteiger partial charge in [0.1, 0.15) is 12.1 Å². The molecule has 0 bridgehead atoms. The molecule has 2 N–H and O–H groups in total. The summed E-state index contributed by atoms with van der Waals surface area (Å²) >= 11 is 0. The number of hydrogen-bond acceptors (Lipinski definition) is 4. The van der Waals surface area contributed by atoms with Gasteiger partial charge in [-0.15, -0.1) is 0 Å². The summed E-state index contributed by atoms with van der Waals surface area (Å²) in [5, 5.41) is 10.2. The van der Waals surface area contributed by atoms with E-state index in [4.69, 9.17) is 0 Å². The van der Waals surface area contributed by atoms with E-state index < -0.39 is 0 Å². The first-order valence-corrected chi connectivity index (χ1v) is 5.30. The zero-order valence-electron chi connectivity index (χ0n) is 9.70. The first kappa shape index (κ1) is 10.6. The molecule has 0 saturated carbocycles. The van der Waals surface area contributed by atoms with Gasteiger partial charge in [-0.2, -0.15) is 5.10 Å². The Hall–Kier alpha value is -1.91. The summed E-state index contributed by atoms with van der Waals surface area (Å²) in [6.07, 6.45) is 2.47. The van der Waals surface area contributed by atoms with Crippen LogP contribution in [0.3, 0.4) is 0 Å². The summed E-state index contributed by atoms with van der Waals surface area (Å²) < 4.78 is 0. The quantitative estimate of drug-likeness (QED) is 0.826. The second-order valence-corrected chi connectivity index (χ2v) is 3.70. The lowest BCUT2D eigenvalue weighted by molar-refractivity contribution is 0.993. The maximum Gasteiger partial charge on any atom is 0.153 e. The second kappa shape index (κ2) is 4.30. The summed E-state index contributed by atoms with van der Waals surface area (Å²) in [4.78, 5) is 8.42. The van der Waals surface area contributed by atoms with Crippen molar-refractivity contribution < 1.29 is 0 Å². The largest absolute Gasteiger partial charge is 0.323 e. The van der Waals surface area contributed by atoms with Crippen LogP contribution in [0.5, 0.6) is 0 Å². The molecule has 2 aromatic heterocycles. The fourth-order valence-electron chi connectivity index (χ4n) is 1.63. The van der Waals surface area contributed by atoms with Crippen molar-refractivity contribution in [2.24, 2.45) is 0 Å². The molecule has 0 amide bonds. The Bertz CT molecular complexity index is 489. The predicted octanol–water partition coefficient (Wildman–Crippen LogP) is 2.12. The molecule has 0 aliphatic heterocycles. The predicted molar refractivity (Wildman–Crippen MR) is 62.8 cm³/mol. The van der Waals surface area contributed by atoms with Crippen LogP contribution in [0.4, 0.5) is 11.6 Å². The molecule has 0 unspecified atom stereocenters. The first-order valence-electron chi connectivity index (χ1n) is 5.30. The molecule has 0 aliphatic carbocycles. The number of aromatic amines is 1. The molecule has 0 atom stereocenters. The Morgan fingerprint density at radius 1 is 1.31 bits per heavy atom. The number of nitrogens with one attached hydrogen (secondary N) is 2. The number of rotatable bonds is 3. The Morgan fingerprint density at radius 2 is 2.12 bits per heavy atom. The zero-order valence-corrected chi connectivity index (χ0v) is 9.70. The minimum absolute atomic E-state index is 0.783. The van der Waals surface area contributed by atoms with Gasteiger partial charge in [-0.05, 0) is 20.3 Å². The average Bonchev–Trinajstić information content (AvgIpc) is 2.64. The van der Waals surface area contributed by atoms with Gasteiger partial charge in [0, 0.05) is 23.0 Å². The van der Waals surface area contributed by atoms with Gasteiger partial charge >= 0.3 is 0 Å². The molecule has 0 aromatic carbocycles. The molecular weight excluding hydrogens is 202 g/mol. The van der Waals surface area contributed by atoms with Crippen molar-refractivity contribution in [1.29, 1.82) is 0 Å². The van der Waals surface area contributed by atoms with Crippen LogP contribution in [-0.2, 0) is 6.42 Å². The standard InChI is InChI=1S/C11H15N5/c1-4-9-8(3)12-6-13-11(9)14-10-5-7(2)15-16-10/h5-6H,4H2,1-3H3,(H2,12,13,14,15,16). The number of aryl methyl sites for hydroxylation is 2. The molecule has 16 heavy (non-hydrogen) atoms. The van der Waals surface area contributed by atoms with E-state index in [0.717, 1.165) is 35.0 Å². The van der Waals surface area contributed by atoms with Crippen LogP contribution >= 0.6 is 0 Å². The van der Waals surface area contributed by atoms with Gasteiger partial charge in [-0.25, -0.2) is 9.97 Å². The van der Waals surface area contributed by atoms with Crippen molar-refractivity contribution in [3.8, 4) is 0 Å². The van der Waals surface area contributed by atoms with Crippen LogP contribution < -0.4 is 5.32 Å². The maximum atomic E-state index is 4.24. The van der Waals surface area contributed by atoms with Gasteiger partial charge < -0.3 is 5.32 Å². The fraction of sp³-hybridized carbons (Fsp3) is 0.364. The van der Waals surface area contributed by atoms with Crippen molar-refractivity contribution >= 4 is 11.6 Å². The third kappa shape index (κ3) is 2.03. The van der Waals surface area contributed by atoms with Gasteiger partial charge in [0.05, 0.1) is 0 Å². The second-order valence-electron chi connectivity index (χ2n) is 3.70. The Kier molecular flexibility index (Phi) is 2.85. The molecule has 5 nitrogen and oxygen atoms in total. The van der Waals surface area contributed by atoms with Crippen LogP contribution in [0.15, 0.2) is 12.4 Å². The van der Waals surface area contributed by atoms with E-state index in [2.05, 4.69) is 32.4 Å². The van der Waals surface area contributed by atoms with Crippen molar-refractivity contribution in [2.45, 2.75) is 27.2 Å². The highest BCUT2D eigenvalue weighted by atomic mass is 15.2. The van der Waals surface area contributed by atoms with E-state index in [1.165, 1.54) is 0 Å². The van der Waals surface area contributed by atoms with E-state index in [9.17, 15) is 0 Å². The lowest BCUT2D eigenvalue weighted by Crippen LogP contribution is -2.02. The minimum atomic E-state index is 0.783. The Morgan fingerprint density at radius 3 is 2.75 bits per heavy atom. The van der Waals surface area contributed by atoms with Crippen molar-refractivity contribution in [1.82, 2.24) is 20.2 Å². The summed E-state index contributed by atoms with van der Waals surface area (Å²) in [5.41, 5.74) is 3.15. The van der Waals surface area contributed by atoms with E-state index in [-0.39, 0.29) is 0 Å². The zero-order chi connectivity index (χ0) is 11.5. The SMILES string of the molecule is CCc1c(C)ncnc1Nc1cc(C)[nH]n1. The van der Waals surface area contributed by atoms with Crippen LogP contribution in [-0.4, -0.2) is 20.2 Å².